The molecule has 0 aliphatic rings. The third-order valence-corrected chi connectivity index (χ3v) is 11.8. The largest absolute Gasteiger partial charge is 0.504 e. The van der Waals surface area contributed by atoms with Crippen LogP contribution in [0.5, 0.6) is 0 Å². The van der Waals surface area contributed by atoms with Gasteiger partial charge in [0.05, 0.1) is 13.4 Å². The molecule has 2 heterocycles. The molecule has 0 bridgehead atoms. The topological polar surface area (TPSA) is 26.3 Å². The van der Waals surface area contributed by atoms with Crippen LogP contribution in [0.15, 0.2) is 137 Å². The third kappa shape index (κ3) is 5.60. The van der Waals surface area contributed by atoms with Crippen LogP contribution in [0.1, 0.15) is 15.9 Å². The van der Waals surface area contributed by atoms with Crippen molar-refractivity contribution in [3.05, 3.63) is 148 Å². The summed E-state index contributed by atoms with van der Waals surface area (Å²) in [4.78, 5) is 11.5. The Hall–Kier alpha value is -4.07. The molecule has 0 radical (unpaired) electrons. The Morgan fingerprint density at radius 1 is 0.522 bits per heavy atom. The number of carbonyl (C=O) groups excluding carboxylic acids is 1. The first-order chi connectivity index (χ1) is 22.6. The van der Waals surface area contributed by atoms with Crippen LogP contribution in [0.2, 0.25) is 0 Å². The van der Waals surface area contributed by atoms with E-state index < -0.39 is 0 Å². The predicted molar refractivity (Wildman–Crippen MR) is 206 cm³/mol. The van der Waals surface area contributed by atoms with Gasteiger partial charge in [-0.3, -0.25) is 4.79 Å². The fourth-order valence-corrected chi connectivity index (χ4v) is 9.31. The van der Waals surface area contributed by atoms with Crippen molar-refractivity contribution in [2.75, 3.05) is 7.11 Å². The highest BCUT2D eigenvalue weighted by Gasteiger charge is 2.15. The van der Waals surface area contributed by atoms with Gasteiger partial charge in [0.2, 0.25) is 0 Å². The summed E-state index contributed by atoms with van der Waals surface area (Å²) in [5.74, 6) is 0. The number of benzene rings is 6. The van der Waals surface area contributed by atoms with E-state index in [-0.39, 0.29) is 0 Å². The molecule has 46 heavy (non-hydrogen) atoms. The number of carbonyl (C=O) groups is 1. The Balaban J connectivity index is 0.000000147. The van der Waals surface area contributed by atoms with Crippen molar-refractivity contribution in [3.63, 3.8) is 0 Å². The Labute approximate surface area is 291 Å². The van der Waals surface area contributed by atoms with Crippen molar-refractivity contribution in [2.45, 2.75) is 0 Å². The molecule has 6 aromatic carbocycles. The highest BCUT2D eigenvalue weighted by Crippen LogP contribution is 2.43. The summed E-state index contributed by atoms with van der Waals surface area (Å²) in [7, 11) is 1.67. The van der Waals surface area contributed by atoms with Crippen LogP contribution in [-0.4, -0.2) is 13.4 Å². The molecule has 0 amide bonds. The van der Waals surface area contributed by atoms with E-state index in [0.29, 0.717) is 5.56 Å². The van der Waals surface area contributed by atoms with Gasteiger partial charge in [-0.05, 0) is 47.0 Å². The Bertz CT molecular complexity index is 2420. The first-order valence-corrected chi connectivity index (χ1v) is 17.8. The van der Waals surface area contributed by atoms with Gasteiger partial charge in [0, 0.05) is 66.0 Å². The summed E-state index contributed by atoms with van der Waals surface area (Å²) in [6.07, 6.45) is 4.64. The second kappa shape index (κ2) is 13.3. The smallest absolute Gasteiger partial charge is 0.151 e. The second-order valence-electron chi connectivity index (χ2n) is 10.6. The van der Waals surface area contributed by atoms with Crippen molar-refractivity contribution >= 4 is 107 Å². The zero-order valence-electron chi connectivity index (χ0n) is 24.7. The second-order valence-corrected chi connectivity index (χ2v) is 14.4. The maximum atomic E-state index is 11.5. The number of aldehydes is 1. The van der Waals surface area contributed by atoms with E-state index in [1.54, 1.807) is 24.7 Å². The minimum atomic E-state index is 0.701. The molecule has 224 valence electrons. The van der Waals surface area contributed by atoms with Gasteiger partial charge < -0.3 is 4.74 Å². The molecule has 0 saturated carbocycles. The van der Waals surface area contributed by atoms with Crippen LogP contribution in [0, 0.1) is 0 Å². The number of hydrogen-bond acceptors (Lipinski definition) is 4. The summed E-state index contributed by atoms with van der Waals surface area (Å²) >= 11 is 10.8. The number of thiophene rings is 2. The average molecular weight is 763 g/mol. The van der Waals surface area contributed by atoms with Crippen LogP contribution in [0.3, 0.4) is 0 Å². The van der Waals surface area contributed by atoms with Gasteiger partial charge in [0.25, 0.3) is 0 Å². The number of rotatable bonds is 5. The third-order valence-electron chi connectivity index (χ3n) is 7.98. The van der Waals surface area contributed by atoms with E-state index in [4.69, 9.17) is 4.74 Å². The van der Waals surface area contributed by atoms with Crippen LogP contribution >= 0.6 is 54.5 Å². The summed E-state index contributed by atoms with van der Waals surface area (Å²) in [5.41, 5.74) is 6.38. The van der Waals surface area contributed by atoms with E-state index in [9.17, 15) is 4.79 Å². The van der Waals surface area contributed by atoms with Gasteiger partial charge in [0.1, 0.15) is 0 Å². The highest BCUT2D eigenvalue weighted by atomic mass is 79.9. The van der Waals surface area contributed by atoms with Crippen LogP contribution < -0.4 is 0 Å². The zero-order valence-corrected chi connectivity index (χ0v) is 29.5. The van der Waals surface area contributed by atoms with E-state index in [1.165, 1.54) is 51.5 Å². The number of methoxy groups -OCH3 is 1. The zero-order chi connectivity index (χ0) is 31.6. The monoisotopic (exact) mass is 760 g/mol. The molecule has 0 atom stereocenters. The van der Waals surface area contributed by atoms with Crippen molar-refractivity contribution in [3.8, 4) is 22.3 Å². The van der Waals surface area contributed by atoms with Gasteiger partial charge in [-0.15, -0.1) is 22.7 Å². The van der Waals surface area contributed by atoms with Crippen LogP contribution in [0.25, 0.3) is 68.7 Å². The van der Waals surface area contributed by atoms with Crippen molar-refractivity contribution in [1.29, 1.82) is 0 Å². The Kier molecular flexibility index (Phi) is 8.87. The lowest BCUT2D eigenvalue weighted by Gasteiger charge is -2.10. The van der Waals surface area contributed by atoms with Crippen LogP contribution in [0.4, 0.5) is 0 Å². The molecule has 8 aromatic rings. The lowest BCUT2D eigenvalue weighted by molar-refractivity contribution is 0.112. The normalized spacial score (nSPS) is 11.4. The fraction of sp³-hybridized carbons (Fsp3) is 0.0250. The van der Waals surface area contributed by atoms with Crippen molar-refractivity contribution in [1.82, 2.24) is 0 Å². The van der Waals surface area contributed by atoms with Gasteiger partial charge in [0.15, 0.2) is 6.29 Å². The minimum Gasteiger partial charge on any atom is -0.504 e. The summed E-state index contributed by atoms with van der Waals surface area (Å²) in [5, 5.41) is 5.15. The molecule has 0 unspecified atom stereocenters. The first-order valence-electron chi connectivity index (χ1n) is 14.6. The minimum absolute atomic E-state index is 0.701. The van der Waals surface area contributed by atoms with Crippen molar-refractivity contribution in [2.24, 2.45) is 0 Å². The molecule has 0 aliphatic carbocycles. The average Bonchev–Trinajstić information content (AvgIpc) is 3.67. The summed E-state index contributed by atoms with van der Waals surface area (Å²) < 4.78 is 12.2. The summed E-state index contributed by atoms with van der Waals surface area (Å²) in [6, 6.07) is 42.1. The molecule has 0 saturated heterocycles. The molecule has 2 nitrogen and oxygen atoms in total. The molecule has 6 heteroatoms. The van der Waals surface area contributed by atoms with E-state index in [1.807, 2.05) is 35.6 Å². The van der Waals surface area contributed by atoms with E-state index in [2.05, 4.69) is 135 Å². The molecule has 0 fully saturated rings. The first kappa shape index (κ1) is 30.6. The fourth-order valence-electron chi connectivity index (χ4n) is 5.89. The molecule has 0 spiro atoms. The van der Waals surface area contributed by atoms with Gasteiger partial charge >= 0.3 is 0 Å². The number of halogens is 2. The predicted octanol–water partition coefficient (Wildman–Crippen LogP) is 13.4. The molecule has 0 aliphatic heterocycles. The Morgan fingerprint density at radius 3 is 1.48 bits per heavy atom. The van der Waals surface area contributed by atoms with Gasteiger partial charge in [-0.2, -0.15) is 0 Å². The number of fused-ring (bicyclic) bond motifs is 6. The Morgan fingerprint density at radius 2 is 0.957 bits per heavy atom. The van der Waals surface area contributed by atoms with E-state index in [0.717, 1.165) is 31.9 Å². The maximum Gasteiger partial charge on any atom is 0.151 e. The molecule has 2 aromatic heterocycles. The number of hydrogen-bond donors (Lipinski definition) is 0. The maximum absolute atomic E-state index is 11.5. The SMILES string of the molecule is CO/C=C/c1c(Br)cccc1-c1cccc2c1sc1ccccc12.O=Cc1c(Br)cccc1-c1cccc2c1sc1ccccc12. The standard InChI is InChI=1S/C21H15BrOS.C19H11BrOS/c1-23-13-12-15-14(7-5-10-19(15)22)17-8-4-9-18-16-6-2-3-11-20(16)24-21(17)18;20-17-9-4-6-12(16(17)11-21)14-7-3-8-15-13-5-1-2-10-18(13)22-19(14)15/h2-13H,1H3;1-11H/b13-12+;. The number of ether oxygens (including phenoxy) is 1. The van der Waals surface area contributed by atoms with Crippen molar-refractivity contribution < 1.29 is 9.53 Å². The lowest BCUT2D eigenvalue weighted by Crippen LogP contribution is -1.89. The van der Waals surface area contributed by atoms with E-state index >= 15 is 0 Å². The van der Waals surface area contributed by atoms with Crippen LogP contribution in [-0.2, 0) is 4.74 Å². The highest BCUT2D eigenvalue weighted by molar-refractivity contribution is 9.10. The molecule has 0 N–H and O–H groups in total. The molecular weight excluding hydrogens is 736 g/mol. The van der Waals surface area contributed by atoms with Gasteiger partial charge in [-0.1, -0.05) is 129 Å². The molecular formula is C40H26Br2O2S2. The van der Waals surface area contributed by atoms with Gasteiger partial charge in [-0.25, -0.2) is 0 Å². The summed E-state index contributed by atoms with van der Waals surface area (Å²) in [6.45, 7) is 0. The lowest BCUT2D eigenvalue weighted by atomic mass is 9.98. The molecule has 8 rings (SSSR count). The quantitative estimate of drug-likeness (QED) is 0.129.